The number of nitrogens with one attached hydrogen (secondary N) is 2. The van der Waals surface area contributed by atoms with Crippen molar-refractivity contribution in [2.45, 2.75) is 69.9 Å². The van der Waals surface area contributed by atoms with Crippen molar-refractivity contribution in [3.63, 3.8) is 0 Å². The Balaban J connectivity index is 2.88. The van der Waals surface area contributed by atoms with Crippen molar-refractivity contribution in [2.75, 3.05) is 79.0 Å². The molecule has 0 aliphatic heterocycles. The van der Waals surface area contributed by atoms with Gasteiger partial charge in [-0.25, -0.2) is 0 Å². The molecule has 1 rings (SSSR count). The number of ether oxygens (including phenoxy) is 6. The van der Waals surface area contributed by atoms with Crippen LogP contribution in [0.4, 0.5) is 0 Å². The molecule has 0 atom stereocenters. The molecule has 0 spiro atoms. The van der Waals surface area contributed by atoms with Crippen LogP contribution < -0.4 is 27.8 Å². The first-order valence-electron chi connectivity index (χ1n) is 17.2. The van der Waals surface area contributed by atoms with Crippen molar-refractivity contribution in [1.29, 1.82) is 0 Å². The van der Waals surface area contributed by atoms with Crippen molar-refractivity contribution in [3.05, 3.63) is 35.9 Å². The lowest BCUT2D eigenvalue weighted by Crippen LogP contribution is -2.58. The summed E-state index contributed by atoms with van der Waals surface area (Å²) in [6.45, 7) is 1.77. The Morgan fingerprint density at radius 3 is 1.62 bits per heavy atom. The number of benzene rings is 1. The number of esters is 3. The molecule has 0 heterocycles. The van der Waals surface area contributed by atoms with E-state index in [-0.39, 0.29) is 104 Å². The van der Waals surface area contributed by atoms with Crippen LogP contribution in [0.3, 0.4) is 0 Å². The van der Waals surface area contributed by atoms with E-state index in [0.717, 1.165) is 5.56 Å². The Morgan fingerprint density at radius 1 is 0.560 bits per heavy atom. The van der Waals surface area contributed by atoms with Crippen LogP contribution in [0.5, 0.6) is 0 Å². The molecule has 16 heteroatoms. The fraction of sp³-hybridized carbons (Fsp3) is 0.676. The third-order valence-corrected chi connectivity index (χ3v) is 6.87. The molecular weight excluding hydrogens is 654 g/mol. The van der Waals surface area contributed by atoms with Gasteiger partial charge in [0.25, 0.3) is 0 Å². The van der Waals surface area contributed by atoms with Crippen molar-refractivity contribution in [3.8, 4) is 0 Å². The van der Waals surface area contributed by atoms with Gasteiger partial charge in [-0.15, -0.1) is 0 Å². The summed E-state index contributed by atoms with van der Waals surface area (Å²) in [5.41, 5.74) is 15.9. The number of nitrogens with two attached hydrogens (primary N) is 3. The van der Waals surface area contributed by atoms with Crippen LogP contribution in [0.1, 0.15) is 63.4 Å². The van der Waals surface area contributed by atoms with Crippen molar-refractivity contribution in [1.82, 2.24) is 10.6 Å². The van der Waals surface area contributed by atoms with E-state index >= 15 is 0 Å². The number of carbonyl (C=O) groups is 5. The highest BCUT2D eigenvalue weighted by Crippen LogP contribution is 2.13. The van der Waals surface area contributed by atoms with Crippen LogP contribution in [-0.2, 0) is 59.0 Å². The number of hydrogen-bond acceptors (Lipinski definition) is 14. The first kappa shape index (κ1) is 44.4. The Labute approximate surface area is 294 Å². The van der Waals surface area contributed by atoms with Gasteiger partial charge in [-0.2, -0.15) is 0 Å². The van der Waals surface area contributed by atoms with Gasteiger partial charge in [0.15, 0.2) is 0 Å². The maximum absolute atomic E-state index is 13.2. The smallest absolute Gasteiger partial charge is 0.308 e. The molecule has 50 heavy (non-hydrogen) atoms. The summed E-state index contributed by atoms with van der Waals surface area (Å²) in [5, 5.41) is 5.66. The minimum absolute atomic E-state index is 0.0212. The third kappa shape index (κ3) is 23.6. The highest BCUT2D eigenvalue weighted by Gasteiger charge is 2.34. The minimum Gasteiger partial charge on any atom is -0.466 e. The zero-order chi connectivity index (χ0) is 36.7. The van der Waals surface area contributed by atoms with Crippen LogP contribution in [0.15, 0.2) is 30.3 Å². The second-order valence-electron chi connectivity index (χ2n) is 11.5. The molecule has 1 aromatic rings. The molecule has 1 aromatic carbocycles. The maximum atomic E-state index is 13.2. The quantitative estimate of drug-likeness (QED) is 0.0393. The third-order valence-electron chi connectivity index (χ3n) is 6.87. The van der Waals surface area contributed by atoms with Crippen LogP contribution in [0.2, 0.25) is 0 Å². The van der Waals surface area contributed by atoms with E-state index in [1.807, 2.05) is 30.3 Å². The Kier molecular flexibility index (Phi) is 25.8. The highest BCUT2D eigenvalue weighted by atomic mass is 16.5. The molecule has 0 aliphatic carbocycles. The first-order valence-corrected chi connectivity index (χ1v) is 17.2. The molecule has 0 aromatic heterocycles. The molecule has 0 unspecified atom stereocenters. The zero-order valence-corrected chi connectivity index (χ0v) is 29.2. The highest BCUT2D eigenvalue weighted by molar-refractivity contribution is 5.78. The van der Waals surface area contributed by atoms with Gasteiger partial charge in [-0.1, -0.05) is 30.3 Å². The van der Waals surface area contributed by atoms with E-state index < -0.39 is 29.4 Å². The summed E-state index contributed by atoms with van der Waals surface area (Å²) in [7, 11) is 0. The number of hydrogen-bond donors (Lipinski definition) is 5. The molecule has 0 bridgehead atoms. The number of rotatable bonds is 31. The van der Waals surface area contributed by atoms with E-state index in [1.54, 1.807) is 0 Å². The standard InChI is InChI=1S/C34H57N5O11/c35-15-5-18-38-29(40)12-21-45-25-34(26-46-22-13-32(43)48-19-6-16-36,27-47-23-14-33(44)49-20-7-17-37)39-30(41)10-4-11-31(42)50-24-28-8-2-1-3-9-28/h1-3,8-9H,4-7,10-27,35-37H2,(H,38,40)(H,39,41). The lowest BCUT2D eigenvalue weighted by atomic mass is 10.0. The van der Waals surface area contributed by atoms with Gasteiger partial charge < -0.3 is 56.3 Å². The van der Waals surface area contributed by atoms with Crippen molar-refractivity contribution >= 4 is 29.7 Å². The van der Waals surface area contributed by atoms with Crippen LogP contribution >= 0.6 is 0 Å². The van der Waals surface area contributed by atoms with Crippen LogP contribution in [0.25, 0.3) is 0 Å². The molecule has 284 valence electrons. The monoisotopic (exact) mass is 711 g/mol. The van der Waals surface area contributed by atoms with Crippen molar-refractivity contribution < 1.29 is 52.4 Å². The van der Waals surface area contributed by atoms with Gasteiger partial charge >= 0.3 is 17.9 Å². The fourth-order valence-corrected chi connectivity index (χ4v) is 4.17. The predicted molar refractivity (Wildman–Crippen MR) is 183 cm³/mol. The van der Waals surface area contributed by atoms with Crippen molar-refractivity contribution in [2.24, 2.45) is 17.2 Å². The van der Waals surface area contributed by atoms with Crippen LogP contribution in [0, 0.1) is 0 Å². The van der Waals surface area contributed by atoms with Gasteiger partial charge in [0.1, 0.15) is 12.1 Å². The average Bonchev–Trinajstić information content (AvgIpc) is 3.10. The largest absolute Gasteiger partial charge is 0.466 e. The molecular formula is C34H57N5O11. The molecule has 8 N–H and O–H groups in total. The zero-order valence-electron chi connectivity index (χ0n) is 29.2. The predicted octanol–water partition coefficient (Wildman–Crippen LogP) is 0.224. The Morgan fingerprint density at radius 2 is 1.08 bits per heavy atom. The summed E-state index contributed by atoms with van der Waals surface area (Å²) in [4.78, 5) is 61.8. The van der Waals surface area contributed by atoms with Crippen LogP contribution in [-0.4, -0.2) is 114 Å². The van der Waals surface area contributed by atoms with E-state index in [2.05, 4.69) is 10.6 Å². The molecule has 2 amide bonds. The summed E-state index contributed by atoms with van der Waals surface area (Å²) in [6.07, 6.45) is 1.90. The van der Waals surface area contributed by atoms with E-state index in [1.165, 1.54) is 0 Å². The first-order chi connectivity index (χ1) is 24.2. The van der Waals surface area contributed by atoms with Gasteiger partial charge in [0.2, 0.25) is 11.8 Å². The fourth-order valence-electron chi connectivity index (χ4n) is 4.17. The summed E-state index contributed by atoms with van der Waals surface area (Å²) < 4.78 is 33.0. The number of carbonyl (C=O) groups excluding carboxylic acids is 5. The molecule has 0 aliphatic rings. The summed E-state index contributed by atoms with van der Waals surface area (Å²) >= 11 is 0. The normalized spacial score (nSPS) is 11.1. The average molecular weight is 712 g/mol. The Bertz CT molecular complexity index is 1020. The van der Waals surface area contributed by atoms with E-state index in [4.69, 9.17) is 45.6 Å². The lowest BCUT2D eigenvalue weighted by Gasteiger charge is -2.34. The minimum atomic E-state index is -1.28. The van der Waals surface area contributed by atoms with Gasteiger partial charge in [-0.05, 0) is 50.9 Å². The van der Waals surface area contributed by atoms with E-state index in [9.17, 15) is 24.0 Å². The topological polar surface area (TPSA) is 243 Å². The SMILES string of the molecule is NCCCNC(=O)CCOCC(COCCC(=O)OCCCN)(COCCC(=O)OCCCN)NC(=O)CCCC(=O)OCc1ccccc1. The van der Waals surface area contributed by atoms with E-state index in [0.29, 0.717) is 45.4 Å². The molecule has 0 radical (unpaired) electrons. The molecule has 16 nitrogen and oxygen atoms in total. The Hall–Kier alpha value is -3.67. The summed E-state index contributed by atoms with van der Waals surface area (Å²) in [5.74, 6) is -2.01. The van der Waals surface area contributed by atoms with Gasteiger partial charge in [0, 0.05) is 25.8 Å². The molecule has 0 saturated heterocycles. The summed E-state index contributed by atoms with van der Waals surface area (Å²) in [6, 6.07) is 9.25. The number of amides is 2. The maximum Gasteiger partial charge on any atom is 0.308 e. The lowest BCUT2D eigenvalue weighted by molar-refractivity contribution is -0.147. The molecule has 0 saturated carbocycles. The van der Waals surface area contributed by atoms with Gasteiger partial charge in [0.05, 0.1) is 65.7 Å². The molecule has 0 fully saturated rings. The second-order valence-corrected chi connectivity index (χ2v) is 11.5. The van der Waals surface area contributed by atoms with Gasteiger partial charge in [-0.3, -0.25) is 24.0 Å². The second kappa shape index (κ2) is 29.1.